The second-order valence-corrected chi connectivity index (χ2v) is 5.32. The van der Waals surface area contributed by atoms with Gasteiger partial charge in [-0.25, -0.2) is 9.78 Å². The van der Waals surface area contributed by atoms with Gasteiger partial charge in [0.05, 0.1) is 7.11 Å². The first-order chi connectivity index (χ1) is 12.7. The monoisotopic (exact) mass is 348 g/mol. The van der Waals surface area contributed by atoms with E-state index >= 15 is 0 Å². The summed E-state index contributed by atoms with van der Waals surface area (Å²) in [4.78, 5) is 27.9. The molecule has 6 nitrogen and oxygen atoms in total. The third-order valence-corrected chi connectivity index (χ3v) is 3.49. The Morgan fingerprint density at radius 1 is 0.923 bits per heavy atom. The van der Waals surface area contributed by atoms with Gasteiger partial charge in [0.15, 0.2) is 0 Å². The average molecular weight is 348 g/mol. The number of esters is 1. The van der Waals surface area contributed by atoms with Crippen molar-refractivity contribution in [1.82, 2.24) is 4.98 Å². The minimum absolute atomic E-state index is 0.117. The van der Waals surface area contributed by atoms with E-state index in [1.807, 2.05) is 30.3 Å². The molecule has 1 N–H and O–H groups in total. The molecular weight excluding hydrogens is 332 g/mol. The number of pyridine rings is 1. The van der Waals surface area contributed by atoms with Gasteiger partial charge in [-0.05, 0) is 42.5 Å². The number of hydrogen-bond donors (Lipinski definition) is 1. The molecule has 26 heavy (non-hydrogen) atoms. The van der Waals surface area contributed by atoms with Crippen LogP contribution in [-0.2, 0) is 4.74 Å². The van der Waals surface area contributed by atoms with E-state index in [2.05, 4.69) is 15.0 Å². The lowest BCUT2D eigenvalue weighted by Gasteiger charge is -2.09. The molecule has 0 unspecified atom stereocenters. The van der Waals surface area contributed by atoms with Crippen LogP contribution in [0, 0.1) is 0 Å². The summed E-state index contributed by atoms with van der Waals surface area (Å²) in [6.45, 7) is 0. The second kappa shape index (κ2) is 7.94. The van der Waals surface area contributed by atoms with Crippen molar-refractivity contribution in [1.29, 1.82) is 0 Å². The summed E-state index contributed by atoms with van der Waals surface area (Å²) in [5.74, 6) is 0.334. The van der Waals surface area contributed by atoms with Crippen molar-refractivity contribution in [2.24, 2.45) is 0 Å². The summed E-state index contributed by atoms with van der Waals surface area (Å²) in [7, 11) is 1.27. The lowest BCUT2D eigenvalue weighted by atomic mass is 10.2. The van der Waals surface area contributed by atoms with Crippen LogP contribution in [0.5, 0.6) is 11.5 Å². The largest absolute Gasteiger partial charge is 0.464 e. The molecular formula is C20H16N2O4. The molecule has 0 fully saturated rings. The number of aromatic nitrogens is 1. The predicted molar refractivity (Wildman–Crippen MR) is 96.5 cm³/mol. The van der Waals surface area contributed by atoms with Gasteiger partial charge in [-0.3, -0.25) is 4.79 Å². The highest BCUT2D eigenvalue weighted by atomic mass is 16.5. The van der Waals surface area contributed by atoms with Gasteiger partial charge in [0, 0.05) is 17.4 Å². The van der Waals surface area contributed by atoms with Gasteiger partial charge in [-0.1, -0.05) is 24.3 Å². The van der Waals surface area contributed by atoms with E-state index in [1.54, 1.807) is 30.3 Å². The van der Waals surface area contributed by atoms with Gasteiger partial charge in [0.2, 0.25) is 0 Å². The molecule has 0 saturated carbocycles. The van der Waals surface area contributed by atoms with Gasteiger partial charge in [0.1, 0.15) is 17.2 Å². The fourth-order valence-corrected chi connectivity index (χ4v) is 2.25. The van der Waals surface area contributed by atoms with Gasteiger partial charge in [-0.2, -0.15) is 0 Å². The molecule has 1 aromatic heterocycles. The molecule has 0 aliphatic rings. The van der Waals surface area contributed by atoms with Gasteiger partial charge >= 0.3 is 5.97 Å². The molecule has 6 heteroatoms. The Labute approximate surface area is 150 Å². The quantitative estimate of drug-likeness (QED) is 0.707. The van der Waals surface area contributed by atoms with Crippen LogP contribution in [0.1, 0.15) is 20.8 Å². The van der Waals surface area contributed by atoms with E-state index in [9.17, 15) is 9.59 Å². The SMILES string of the molecule is COC(=O)c1cc(NC(=O)c2cccc(Oc3ccccc3)c2)ccn1. The van der Waals surface area contributed by atoms with E-state index in [-0.39, 0.29) is 11.6 Å². The Morgan fingerprint density at radius 3 is 2.46 bits per heavy atom. The first-order valence-corrected chi connectivity index (χ1v) is 7.84. The van der Waals surface area contributed by atoms with Gasteiger partial charge < -0.3 is 14.8 Å². The maximum Gasteiger partial charge on any atom is 0.356 e. The Balaban J connectivity index is 1.74. The predicted octanol–water partition coefficient (Wildman–Crippen LogP) is 3.91. The van der Waals surface area contributed by atoms with Crippen molar-refractivity contribution in [3.05, 3.63) is 84.2 Å². The Hall–Kier alpha value is -3.67. The van der Waals surface area contributed by atoms with Crippen LogP contribution in [0.2, 0.25) is 0 Å². The number of methoxy groups -OCH3 is 1. The minimum atomic E-state index is -0.570. The van der Waals surface area contributed by atoms with Crippen molar-refractivity contribution in [2.45, 2.75) is 0 Å². The van der Waals surface area contributed by atoms with E-state index in [4.69, 9.17) is 4.74 Å². The molecule has 0 saturated heterocycles. The van der Waals surface area contributed by atoms with Crippen molar-refractivity contribution in [2.75, 3.05) is 12.4 Å². The highest BCUT2D eigenvalue weighted by Gasteiger charge is 2.11. The van der Waals surface area contributed by atoms with E-state index in [1.165, 1.54) is 19.4 Å². The summed E-state index contributed by atoms with van der Waals surface area (Å²) in [5.41, 5.74) is 0.987. The normalized spacial score (nSPS) is 10.0. The van der Waals surface area contributed by atoms with Crippen molar-refractivity contribution in [3.63, 3.8) is 0 Å². The molecule has 2 aromatic carbocycles. The van der Waals surface area contributed by atoms with Crippen molar-refractivity contribution >= 4 is 17.6 Å². The van der Waals surface area contributed by atoms with Crippen LogP contribution in [-0.4, -0.2) is 24.0 Å². The van der Waals surface area contributed by atoms with Crippen LogP contribution in [0.3, 0.4) is 0 Å². The van der Waals surface area contributed by atoms with Crippen LogP contribution in [0.4, 0.5) is 5.69 Å². The standard InChI is InChI=1S/C20H16N2O4/c1-25-20(24)18-13-15(10-11-21-18)22-19(23)14-6-5-9-17(12-14)26-16-7-3-2-4-8-16/h2-13H,1H3,(H,21,22,23). The summed E-state index contributed by atoms with van der Waals surface area (Å²) >= 11 is 0. The third kappa shape index (κ3) is 4.24. The number of nitrogens with one attached hydrogen (secondary N) is 1. The minimum Gasteiger partial charge on any atom is -0.464 e. The Bertz CT molecular complexity index is 926. The Kier molecular flexibility index (Phi) is 5.24. The summed E-state index contributed by atoms with van der Waals surface area (Å²) in [6.07, 6.45) is 1.43. The number of hydrogen-bond acceptors (Lipinski definition) is 5. The Morgan fingerprint density at radius 2 is 1.69 bits per heavy atom. The smallest absolute Gasteiger partial charge is 0.356 e. The highest BCUT2D eigenvalue weighted by molar-refractivity contribution is 6.04. The number of benzene rings is 2. The number of carbonyl (C=O) groups is 2. The molecule has 3 aromatic rings. The highest BCUT2D eigenvalue weighted by Crippen LogP contribution is 2.22. The zero-order valence-corrected chi connectivity index (χ0v) is 14.0. The maximum atomic E-state index is 12.5. The van der Waals surface area contributed by atoms with E-state index < -0.39 is 5.97 Å². The third-order valence-electron chi connectivity index (χ3n) is 3.49. The summed E-state index contributed by atoms with van der Waals surface area (Å²) < 4.78 is 10.4. The number of nitrogens with zero attached hydrogens (tertiary/aromatic N) is 1. The van der Waals surface area contributed by atoms with Crippen molar-refractivity contribution < 1.29 is 19.1 Å². The summed E-state index contributed by atoms with van der Waals surface area (Å²) in [6, 6.07) is 19.2. The number of rotatable bonds is 5. The fraction of sp³-hybridized carbons (Fsp3) is 0.0500. The topological polar surface area (TPSA) is 77.5 Å². The second-order valence-electron chi connectivity index (χ2n) is 5.32. The summed E-state index contributed by atoms with van der Waals surface area (Å²) in [5, 5.41) is 2.73. The molecule has 0 bridgehead atoms. The number of amides is 1. The first-order valence-electron chi connectivity index (χ1n) is 7.84. The van der Waals surface area contributed by atoms with Crippen LogP contribution < -0.4 is 10.1 Å². The molecule has 1 amide bonds. The fourth-order valence-electron chi connectivity index (χ4n) is 2.25. The van der Waals surface area contributed by atoms with Crippen LogP contribution in [0.25, 0.3) is 0 Å². The first kappa shape index (κ1) is 17.2. The molecule has 1 heterocycles. The number of ether oxygens (including phenoxy) is 2. The van der Waals surface area contributed by atoms with Gasteiger partial charge in [0.25, 0.3) is 5.91 Å². The molecule has 0 aliphatic carbocycles. The molecule has 0 aliphatic heterocycles. The van der Waals surface area contributed by atoms with Crippen molar-refractivity contribution in [3.8, 4) is 11.5 Å². The number of anilines is 1. The van der Waals surface area contributed by atoms with E-state index in [0.717, 1.165) is 0 Å². The number of para-hydroxylation sites is 1. The lowest BCUT2D eigenvalue weighted by Crippen LogP contribution is -2.13. The molecule has 3 rings (SSSR count). The zero-order chi connectivity index (χ0) is 18.4. The van der Waals surface area contributed by atoms with Crippen LogP contribution in [0.15, 0.2) is 72.9 Å². The lowest BCUT2D eigenvalue weighted by molar-refractivity contribution is 0.0594. The molecule has 0 spiro atoms. The van der Waals surface area contributed by atoms with Gasteiger partial charge in [-0.15, -0.1) is 0 Å². The molecule has 130 valence electrons. The zero-order valence-electron chi connectivity index (χ0n) is 14.0. The molecule has 0 radical (unpaired) electrons. The molecule has 0 atom stereocenters. The maximum absolute atomic E-state index is 12.5. The average Bonchev–Trinajstić information content (AvgIpc) is 2.68. The van der Waals surface area contributed by atoms with Crippen LogP contribution >= 0.6 is 0 Å². The van der Waals surface area contributed by atoms with E-state index in [0.29, 0.717) is 22.7 Å². The number of carbonyl (C=O) groups excluding carboxylic acids is 2.